The average molecular weight is 269 g/mol. The van der Waals surface area contributed by atoms with Gasteiger partial charge in [-0.15, -0.1) is 0 Å². The van der Waals surface area contributed by atoms with Crippen molar-refractivity contribution in [1.29, 1.82) is 0 Å². The van der Waals surface area contributed by atoms with Crippen LogP contribution in [0.15, 0.2) is 28.7 Å². The number of hydrogen-bond acceptors (Lipinski definition) is 1. The Morgan fingerprint density at radius 3 is 2.87 bits per heavy atom. The van der Waals surface area contributed by atoms with Crippen LogP contribution in [-0.2, 0) is 4.79 Å². The van der Waals surface area contributed by atoms with Crippen molar-refractivity contribution in [2.45, 2.75) is 25.2 Å². The molecule has 1 fully saturated rings. The molecule has 2 nitrogen and oxygen atoms in total. The summed E-state index contributed by atoms with van der Waals surface area (Å²) >= 11 is 3.42. The van der Waals surface area contributed by atoms with E-state index in [9.17, 15) is 4.79 Å². The van der Waals surface area contributed by atoms with Crippen molar-refractivity contribution in [2.24, 2.45) is 5.92 Å². The maximum absolute atomic E-state index is 11.1. The van der Waals surface area contributed by atoms with Crippen molar-refractivity contribution in [3.8, 4) is 0 Å². The van der Waals surface area contributed by atoms with Crippen molar-refractivity contribution in [2.75, 3.05) is 0 Å². The molecular formula is C12H13BrO2. The van der Waals surface area contributed by atoms with Gasteiger partial charge in [0.1, 0.15) is 0 Å². The highest BCUT2D eigenvalue weighted by atomic mass is 79.9. The van der Waals surface area contributed by atoms with E-state index >= 15 is 0 Å². The van der Waals surface area contributed by atoms with Crippen LogP contribution in [0.5, 0.6) is 0 Å². The molecule has 0 heterocycles. The third kappa shape index (κ3) is 2.23. The number of halogens is 1. The second-order valence-corrected chi connectivity index (χ2v) is 4.95. The van der Waals surface area contributed by atoms with E-state index in [1.54, 1.807) is 0 Å². The Hall–Kier alpha value is -0.830. The molecule has 0 aliphatic heterocycles. The van der Waals surface area contributed by atoms with E-state index in [0.717, 1.165) is 29.3 Å². The third-order valence-corrected chi connectivity index (χ3v) is 3.60. The molecule has 1 aliphatic carbocycles. The lowest BCUT2D eigenvalue weighted by Gasteiger charge is -2.16. The Morgan fingerprint density at radius 1 is 1.40 bits per heavy atom. The Kier molecular flexibility index (Phi) is 3.10. The second-order valence-electron chi connectivity index (χ2n) is 4.04. The number of benzene rings is 1. The van der Waals surface area contributed by atoms with E-state index in [4.69, 9.17) is 5.11 Å². The van der Waals surface area contributed by atoms with E-state index in [1.807, 2.05) is 24.3 Å². The molecular weight excluding hydrogens is 256 g/mol. The SMILES string of the molecule is O=C(O)C1CCCC1c1cccc(Br)c1. The van der Waals surface area contributed by atoms with Crippen molar-refractivity contribution in [1.82, 2.24) is 0 Å². The zero-order chi connectivity index (χ0) is 10.8. The van der Waals surface area contributed by atoms with Crippen LogP contribution in [-0.4, -0.2) is 11.1 Å². The topological polar surface area (TPSA) is 37.3 Å². The Bertz CT molecular complexity index is 376. The molecule has 2 unspecified atom stereocenters. The normalized spacial score (nSPS) is 25.4. The fourth-order valence-corrected chi connectivity index (χ4v) is 2.81. The molecule has 1 N–H and O–H groups in total. The van der Waals surface area contributed by atoms with Crippen molar-refractivity contribution in [3.05, 3.63) is 34.3 Å². The van der Waals surface area contributed by atoms with Crippen LogP contribution in [0.4, 0.5) is 0 Å². The van der Waals surface area contributed by atoms with Crippen LogP contribution < -0.4 is 0 Å². The lowest BCUT2D eigenvalue weighted by atomic mass is 9.89. The fourth-order valence-electron chi connectivity index (χ4n) is 2.39. The standard InChI is InChI=1S/C12H13BrO2/c13-9-4-1-3-8(7-9)10-5-2-6-11(10)12(14)15/h1,3-4,7,10-11H,2,5-6H2,(H,14,15). The zero-order valence-electron chi connectivity index (χ0n) is 8.32. The minimum atomic E-state index is -0.655. The Balaban J connectivity index is 2.26. The third-order valence-electron chi connectivity index (χ3n) is 3.11. The molecule has 0 radical (unpaired) electrons. The van der Waals surface area contributed by atoms with Gasteiger partial charge in [0.25, 0.3) is 0 Å². The summed E-state index contributed by atoms with van der Waals surface area (Å²) in [4.78, 5) is 11.1. The summed E-state index contributed by atoms with van der Waals surface area (Å²) < 4.78 is 1.02. The van der Waals surface area contributed by atoms with Crippen LogP contribution in [0, 0.1) is 5.92 Å². The highest BCUT2D eigenvalue weighted by Gasteiger charge is 2.33. The summed E-state index contributed by atoms with van der Waals surface area (Å²) in [5.41, 5.74) is 1.15. The summed E-state index contributed by atoms with van der Waals surface area (Å²) in [6, 6.07) is 7.99. The van der Waals surface area contributed by atoms with Gasteiger partial charge in [0.15, 0.2) is 0 Å². The number of carbonyl (C=O) groups is 1. The lowest BCUT2D eigenvalue weighted by molar-refractivity contribution is -0.142. The monoisotopic (exact) mass is 268 g/mol. The number of carboxylic acid groups (broad SMARTS) is 1. The summed E-state index contributed by atoms with van der Waals surface area (Å²) in [6.07, 6.45) is 2.83. The zero-order valence-corrected chi connectivity index (χ0v) is 9.90. The molecule has 1 aromatic carbocycles. The number of hydrogen-bond donors (Lipinski definition) is 1. The van der Waals surface area contributed by atoms with Crippen LogP contribution in [0.3, 0.4) is 0 Å². The van der Waals surface area contributed by atoms with Crippen molar-refractivity contribution < 1.29 is 9.90 Å². The minimum Gasteiger partial charge on any atom is -0.481 e. The summed E-state index contributed by atoms with van der Waals surface area (Å²) in [6.45, 7) is 0. The molecule has 1 aliphatic rings. The first-order valence-corrected chi connectivity index (χ1v) is 5.96. The van der Waals surface area contributed by atoms with Gasteiger partial charge in [-0.3, -0.25) is 4.79 Å². The maximum Gasteiger partial charge on any atom is 0.307 e. The molecule has 2 atom stereocenters. The van der Waals surface area contributed by atoms with Crippen LogP contribution in [0.25, 0.3) is 0 Å². The first-order chi connectivity index (χ1) is 7.18. The van der Waals surface area contributed by atoms with Gasteiger partial charge in [0.05, 0.1) is 5.92 Å². The molecule has 0 saturated heterocycles. The average Bonchev–Trinajstić information content (AvgIpc) is 2.65. The van der Waals surface area contributed by atoms with E-state index in [1.165, 1.54) is 0 Å². The molecule has 0 bridgehead atoms. The highest BCUT2D eigenvalue weighted by Crippen LogP contribution is 2.40. The minimum absolute atomic E-state index is 0.194. The van der Waals surface area contributed by atoms with Crippen molar-refractivity contribution in [3.63, 3.8) is 0 Å². The summed E-state index contributed by atoms with van der Waals surface area (Å²) in [7, 11) is 0. The summed E-state index contributed by atoms with van der Waals surface area (Å²) in [5, 5.41) is 9.10. The molecule has 2 rings (SSSR count). The first-order valence-electron chi connectivity index (χ1n) is 5.17. The van der Waals surface area contributed by atoms with Gasteiger partial charge < -0.3 is 5.11 Å². The van der Waals surface area contributed by atoms with E-state index in [2.05, 4.69) is 15.9 Å². The summed E-state index contributed by atoms with van der Waals surface area (Å²) in [5.74, 6) is -0.656. The van der Waals surface area contributed by atoms with E-state index in [-0.39, 0.29) is 11.8 Å². The van der Waals surface area contributed by atoms with Crippen LogP contribution in [0.2, 0.25) is 0 Å². The Morgan fingerprint density at radius 2 is 2.20 bits per heavy atom. The van der Waals surface area contributed by atoms with E-state index in [0.29, 0.717) is 0 Å². The van der Waals surface area contributed by atoms with Crippen molar-refractivity contribution >= 4 is 21.9 Å². The molecule has 1 saturated carbocycles. The first kappa shape index (κ1) is 10.7. The van der Waals surface area contributed by atoms with E-state index < -0.39 is 5.97 Å². The fraction of sp³-hybridized carbons (Fsp3) is 0.417. The quantitative estimate of drug-likeness (QED) is 0.893. The van der Waals surface area contributed by atoms with Crippen LogP contribution in [0.1, 0.15) is 30.7 Å². The van der Waals surface area contributed by atoms with Crippen LogP contribution >= 0.6 is 15.9 Å². The van der Waals surface area contributed by atoms with Gasteiger partial charge in [0.2, 0.25) is 0 Å². The number of carboxylic acids is 1. The van der Waals surface area contributed by atoms with Gasteiger partial charge >= 0.3 is 5.97 Å². The molecule has 3 heteroatoms. The molecule has 80 valence electrons. The van der Waals surface area contributed by atoms with Gasteiger partial charge in [0, 0.05) is 4.47 Å². The number of rotatable bonds is 2. The Labute approximate surface area is 97.4 Å². The maximum atomic E-state index is 11.1. The molecule has 0 amide bonds. The van der Waals surface area contributed by atoms with Gasteiger partial charge in [-0.1, -0.05) is 34.5 Å². The van der Waals surface area contributed by atoms with Gasteiger partial charge in [-0.05, 0) is 36.5 Å². The highest BCUT2D eigenvalue weighted by molar-refractivity contribution is 9.10. The van der Waals surface area contributed by atoms with Gasteiger partial charge in [-0.2, -0.15) is 0 Å². The van der Waals surface area contributed by atoms with Gasteiger partial charge in [-0.25, -0.2) is 0 Å². The molecule has 15 heavy (non-hydrogen) atoms. The largest absolute Gasteiger partial charge is 0.481 e. The predicted octanol–water partition coefficient (Wildman–Crippen LogP) is 3.42. The molecule has 1 aromatic rings. The number of aliphatic carboxylic acids is 1. The predicted molar refractivity (Wildman–Crippen MR) is 61.9 cm³/mol. The second kappa shape index (κ2) is 4.35. The smallest absolute Gasteiger partial charge is 0.307 e. The molecule has 0 spiro atoms. The molecule has 0 aromatic heterocycles. The lowest BCUT2D eigenvalue weighted by Crippen LogP contribution is -2.16.